The molecule has 1 unspecified atom stereocenters. The third kappa shape index (κ3) is 3.17. The number of nitrogens with one attached hydrogen (secondary N) is 1. The maximum absolute atomic E-state index is 11.7. The molecule has 0 radical (unpaired) electrons. The van der Waals surface area contributed by atoms with Crippen LogP contribution in [0.25, 0.3) is 0 Å². The van der Waals surface area contributed by atoms with Gasteiger partial charge in [-0.1, -0.05) is 0 Å². The molecule has 4 nitrogen and oxygen atoms in total. The lowest BCUT2D eigenvalue weighted by atomic mass is 10.2. The number of hydrogen-bond acceptors (Lipinski definition) is 5. The molecule has 0 aliphatic heterocycles. The lowest BCUT2D eigenvalue weighted by molar-refractivity contribution is 0.592. The molecule has 2 aliphatic carbocycles. The highest BCUT2D eigenvalue weighted by Gasteiger charge is 2.32. The van der Waals surface area contributed by atoms with Gasteiger partial charge in [-0.15, -0.1) is 11.3 Å². The second-order valence-electron chi connectivity index (χ2n) is 5.76. The molecule has 3 rings (SSSR count). The number of sulfone groups is 1. The van der Waals surface area contributed by atoms with Crippen LogP contribution >= 0.6 is 11.3 Å². The number of hydrogen-bond donors (Lipinski definition) is 1. The molecule has 0 aromatic carbocycles. The molecule has 1 aromatic heterocycles. The lowest BCUT2D eigenvalue weighted by Gasteiger charge is -2.04. The van der Waals surface area contributed by atoms with Crippen molar-refractivity contribution in [3.05, 3.63) is 15.6 Å². The molecule has 106 valence electrons. The molecule has 19 heavy (non-hydrogen) atoms. The lowest BCUT2D eigenvalue weighted by Crippen LogP contribution is -2.15. The fraction of sp³-hybridized carbons (Fsp3) is 0.769. The largest absolute Gasteiger partial charge is 0.309 e. The Morgan fingerprint density at radius 2 is 2.05 bits per heavy atom. The molecule has 2 aliphatic rings. The number of nitrogens with zero attached hydrogens (tertiary/aromatic N) is 1. The highest BCUT2D eigenvalue weighted by atomic mass is 32.2. The minimum Gasteiger partial charge on any atom is -0.309 e. The summed E-state index contributed by atoms with van der Waals surface area (Å²) < 4.78 is 23.3. The molecular formula is C13H20N2O2S2. The minimum atomic E-state index is -3.06. The summed E-state index contributed by atoms with van der Waals surface area (Å²) >= 11 is 1.58. The molecule has 2 saturated carbocycles. The van der Waals surface area contributed by atoms with E-state index in [0.29, 0.717) is 12.0 Å². The summed E-state index contributed by atoms with van der Waals surface area (Å²) in [5.41, 5.74) is 1.16. The summed E-state index contributed by atoms with van der Waals surface area (Å²) in [4.78, 5) is 5.89. The van der Waals surface area contributed by atoms with E-state index in [1.807, 2.05) is 0 Å². The summed E-state index contributed by atoms with van der Waals surface area (Å²) in [5.74, 6) is 0.577. The van der Waals surface area contributed by atoms with E-state index in [9.17, 15) is 8.42 Å². The normalized spacial score (nSPS) is 21.6. The number of rotatable bonds is 6. The average molecular weight is 300 g/mol. The fourth-order valence-electron chi connectivity index (χ4n) is 2.07. The Morgan fingerprint density at radius 1 is 1.37 bits per heavy atom. The Hall–Kier alpha value is -0.460. The van der Waals surface area contributed by atoms with E-state index in [2.05, 4.69) is 10.3 Å². The quantitative estimate of drug-likeness (QED) is 0.876. The van der Waals surface area contributed by atoms with Crippen LogP contribution in [0.1, 0.15) is 59.4 Å². The molecule has 2 fully saturated rings. The predicted octanol–water partition coefficient (Wildman–Crippen LogP) is 2.38. The summed E-state index contributed by atoms with van der Waals surface area (Å²) in [7, 11) is -3.06. The molecule has 1 atom stereocenters. The molecule has 0 saturated heterocycles. The smallest absolute Gasteiger partial charge is 0.156 e. The maximum atomic E-state index is 11.7. The SMILES string of the molecule is CC(c1nc(C2CC2)c(CNC2CC2)s1)S(C)(=O)=O. The van der Waals surface area contributed by atoms with Crippen molar-refractivity contribution in [3.8, 4) is 0 Å². The monoisotopic (exact) mass is 300 g/mol. The number of thiazole rings is 1. The van der Waals surface area contributed by atoms with E-state index < -0.39 is 15.1 Å². The van der Waals surface area contributed by atoms with E-state index >= 15 is 0 Å². The first-order valence-electron chi connectivity index (χ1n) is 6.87. The molecule has 1 N–H and O–H groups in total. The van der Waals surface area contributed by atoms with Crippen molar-refractivity contribution in [2.75, 3.05) is 6.26 Å². The molecule has 1 heterocycles. The van der Waals surface area contributed by atoms with Crippen molar-refractivity contribution in [2.24, 2.45) is 0 Å². The Kier molecular flexibility index (Phi) is 3.43. The Balaban J connectivity index is 1.82. The first-order chi connectivity index (χ1) is 8.95. The highest BCUT2D eigenvalue weighted by Crippen LogP contribution is 2.44. The van der Waals surface area contributed by atoms with Crippen molar-refractivity contribution in [2.45, 2.75) is 56.4 Å². The van der Waals surface area contributed by atoms with Crippen LogP contribution in [0.5, 0.6) is 0 Å². The molecule has 6 heteroatoms. The maximum Gasteiger partial charge on any atom is 0.156 e. The van der Waals surface area contributed by atoms with Crippen LogP contribution in [0.2, 0.25) is 0 Å². The van der Waals surface area contributed by atoms with Gasteiger partial charge in [0.05, 0.1) is 5.69 Å². The van der Waals surface area contributed by atoms with Crippen molar-refractivity contribution >= 4 is 21.2 Å². The Labute approximate surface area is 118 Å². The zero-order valence-electron chi connectivity index (χ0n) is 11.3. The van der Waals surface area contributed by atoms with Crippen LogP contribution in [0.15, 0.2) is 0 Å². The second-order valence-corrected chi connectivity index (χ2v) is 9.24. The Morgan fingerprint density at radius 3 is 2.58 bits per heavy atom. The van der Waals surface area contributed by atoms with Gasteiger partial charge < -0.3 is 5.32 Å². The van der Waals surface area contributed by atoms with Crippen LogP contribution in [0.4, 0.5) is 0 Å². The second kappa shape index (κ2) is 4.82. The summed E-state index contributed by atoms with van der Waals surface area (Å²) in [6, 6.07) is 0.671. The van der Waals surface area contributed by atoms with Crippen LogP contribution in [-0.4, -0.2) is 25.7 Å². The van der Waals surface area contributed by atoms with Gasteiger partial charge in [-0.25, -0.2) is 13.4 Å². The average Bonchev–Trinajstić information content (AvgIpc) is 3.23. The highest BCUT2D eigenvalue weighted by molar-refractivity contribution is 7.91. The standard InChI is InChI=1S/C13H20N2O2S2/c1-8(19(2,16)17)13-15-12(9-3-4-9)11(18-13)7-14-10-5-6-10/h8-10,14H,3-7H2,1-2H3. The molecule has 0 bridgehead atoms. The van der Waals surface area contributed by atoms with Crippen LogP contribution < -0.4 is 5.32 Å². The Bertz CT molecular complexity index is 571. The zero-order chi connectivity index (χ0) is 13.6. The fourth-order valence-corrected chi connectivity index (χ4v) is 4.19. The van der Waals surface area contributed by atoms with Gasteiger partial charge in [0.1, 0.15) is 10.3 Å². The molecule has 0 amide bonds. The minimum absolute atomic E-state index is 0.482. The van der Waals surface area contributed by atoms with Gasteiger partial charge in [0, 0.05) is 29.6 Å². The van der Waals surface area contributed by atoms with Gasteiger partial charge in [-0.3, -0.25) is 0 Å². The molecule has 1 aromatic rings. The van der Waals surface area contributed by atoms with Crippen LogP contribution in [0.3, 0.4) is 0 Å². The van der Waals surface area contributed by atoms with Crippen molar-refractivity contribution in [1.82, 2.24) is 10.3 Å². The van der Waals surface area contributed by atoms with Gasteiger partial charge in [0.25, 0.3) is 0 Å². The van der Waals surface area contributed by atoms with Gasteiger partial charge in [0.2, 0.25) is 0 Å². The topological polar surface area (TPSA) is 59.1 Å². The van der Waals surface area contributed by atoms with Crippen LogP contribution in [-0.2, 0) is 16.4 Å². The first kappa shape index (κ1) is 13.5. The third-order valence-corrected chi connectivity index (χ3v) is 6.74. The van der Waals surface area contributed by atoms with E-state index in [4.69, 9.17) is 0 Å². The van der Waals surface area contributed by atoms with E-state index in [1.54, 1.807) is 18.3 Å². The van der Waals surface area contributed by atoms with Gasteiger partial charge in [-0.2, -0.15) is 0 Å². The van der Waals surface area contributed by atoms with E-state index in [1.165, 1.54) is 36.8 Å². The van der Waals surface area contributed by atoms with Crippen molar-refractivity contribution in [3.63, 3.8) is 0 Å². The number of aromatic nitrogens is 1. The van der Waals surface area contributed by atoms with Gasteiger partial charge in [0.15, 0.2) is 9.84 Å². The van der Waals surface area contributed by atoms with E-state index in [0.717, 1.165) is 17.2 Å². The summed E-state index contributed by atoms with van der Waals surface area (Å²) in [6.07, 6.45) is 6.23. The van der Waals surface area contributed by atoms with Crippen molar-refractivity contribution < 1.29 is 8.42 Å². The van der Waals surface area contributed by atoms with Crippen molar-refractivity contribution in [1.29, 1.82) is 0 Å². The van der Waals surface area contributed by atoms with E-state index in [-0.39, 0.29) is 0 Å². The first-order valence-corrected chi connectivity index (χ1v) is 9.64. The predicted molar refractivity (Wildman–Crippen MR) is 77.2 cm³/mol. The molecular weight excluding hydrogens is 280 g/mol. The molecule has 0 spiro atoms. The summed E-state index contributed by atoms with van der Waals surface area (Å²) in [5, 5.41) is 3.79. The van der Waals surface area contributed by atoms with Crippen LogP contribution in [0, 0.1) is 0 Å². The van der Waals surface area contributed by atoms with Gasteiger partial charge >= 0.3 is 0 Å². The van der Waals surface area contributed by atoms with Gasteiger partial charge in [-0.05, 0) is 32.6 Å². The zero-order valence-corrected chi connectivity index (χ0v) is 13.0. The summed E-state index contributed by atoms with van der Waals surface area (Å²) in [6.45, 7) is 2.59. The third-order valence-electron chi connectivity index (χ3n) is 3.83.